The average molecular weight is 170 g/mol. The normalized spacial score (nSPS) is 28.2. The van der Waals surface area contributed by atoms with Gasteiger partial charge in [0, 0.05) is 12.6 Å². The van der Waals surface area contributed by atoms with Crippen molar-refractivity contribution >= 4 is 0 Å². The zero-order valence-electron chi connectivity index (χ0n) is 8.88. The molecule has 2 nitrogen and oxygen atoms in total. The minimum atomic E-state index is 0.738. The number of rotatable bonds is 3. The highest BCUT2D eigenvalue weighted by Gasteiger charge is 2.26. The molecule has 1 fully saturated rings. The summed E-state index contributed by atoms with van der Waals surface area (Å²) in [5, 5.41) is 0. The molecule has 0 bridgehead atoms. The summed E-state index contributed by atoms with van der Waals surface area (Å²) >= 11 is 0. The monoisotopic (exact) mass is 170 g/mol. The Hall–Kier alpha value is -0.0800. The number of nitrogens with zero attached hydrogens (tertiary/aromatic N) is 2. The SMILES string of the molecule is CCN1CCC([C@@H](C)N(C)C)C1. The van der Waals surface area contributed by atoms with Gasteiger partial charge in [-0.25, -0.2) is 0 Å². The Morgan fingerprint density at radius 1 is 1.50 bits per heavy atom. The van der Waals surface area contributed by atoms with E-state index in [9.17, 15) is 0 Å². The Labute approximate surface area is 76.5 Å². The highest BCUT2D eigenvalue weighted by Crippen LogP contribution is 2.21. The second-order valence-corrected chi connectivity index (χ2v) is 4.15. The van der Waals surface area contributed by atoms with Crippen molar-refractivity contribution < 1.29 is 0 Å². The molecule has 0 amide bonds. The largest absolute Gasteiger partial charge is 0.306 e. The third-order valence-electron chi connectivity index (χ3n) is 3.25. The Morgan fingerprint density at radius 2 is 2.17 bits per heavy atom. The number of likely N-dealkylation sites (tertiary alicyclic amines) is 1. The van der Waals surface area contributed by atoms with Crippen LogP contribution >= 0.6 is 0 Å². The fourth-order valence-corrected chi connectivity index (χ4v) is 1.97. The first-order valence-electron chi connectivity index (χ1n) is 5.04. The molecule has 0 aromatic rings. The van der Waals surface area contributed by atoms with Crippen LogP contribution in [0, 0.1) is 5.92 Å². The van der Waals surface area contributed by atoms with Crippen molar-refractivity contribution in [3.8, 4) is 0 Å². The fourth-order valence-electron chi connectivity index (χ4n) is 1.97. The summed E-state index contributed by atoms with van der Waals surface area (Å²) in [5.74, 6) is 0.889. The van der Waals surface area contributed by atoms with Gasteiger partial charge in [0.2, 0.25) is 0 Å². The number of hydrogen-bond donors (Lipinski definition) is 0. The molecule has 2 heteroatoms. The maximum Gasteiger partial charge on any atom is 0.0102 e. The summed E-state index contributed by atoms with van der Waals surface area (Å²) in [6, 6.07) is 0.738. The van der Waals surface area contributed by atoms with Crippen LogP contribution in [0.5, 0.6) is 0 Å². The molecule has 1 rings (SSSR count). The van der Waals surface area contributed by atoms with Gasteiger partial charge in [-0.1, -0.05) is 6.92 Å². The van der Waals surface area contributed by atoms with Gasteiger partial charge in [0.05, 0.1) is 0 Å². The van der Waals surface area contributed by atoms with Crippen LogP contribution < -0.4 is 0 Å². The minimum Gasteiger partial charge on any atom is -0.306 e. The molecule has 1 heterocycles. The summed E-state index contributed by atoms with van der Waals surface area (Å²) in [7, 11) is 4.36. The van der Waals surface area contributed by atoms with E-state index in [4.69, 9.17) is 0 Å². The van der Waals surface area contributed by atoms with Gasteiger partial charge in [-0.05, 0) is 46.4 Å². The van der Waals surface area contributed by atoms with Crippen molar-refractivity contribution in [2.45, 2.75) is 26.3 Å². The fraction of sp³-hybridized carbons (Fsp3) is 1.00. The first-order valence-corrected chi connectivity index (χ1v) is 5.04. The minimum absolute atomic E-state index is 0.738. The standard InChI is InChI=1S/C10H22N2/c1-5-12-7-6-10(8-12)9(2)11(3)4/h9-10H,5-8H2,1-4H3/t9-,10?/m1/s1. The molecular weight excluding hydrogens is 148 g/mol. The Balaban J connectivity index is 2.35. The Morgan fingerprint density at radius 3 is 2.58 bits per heavy atom. The summed E-state index contributed by atoms with van der Waals surface area (Å²) in [4.78, 5) is 4.88. The molecular formula is C10H22N2. The summed E-state index contributed by atoms with van der Waals surface area (Å²) in [5.41, 5.74) is 0. The van der Waals surface area contributed by atoms with Crippen LogP contribution in [-0.4, -0.2) is 49.6 Å². The van der Waals surface area contributed by atoms with Crippen LogP contribution in [0.15, 0.2) is 0 Å². The molecule has 1 aliphatic heterocycles. The van der Waals surface area contributed by atoms with E-state index in [1.54, 1.807) is 0 Å². The van der Waals surface area contributed by atoms with Crippen LogP contribution in [0.1, 0.15) is 20.3 Å². The van der Waals surface area contributed by atoms with Crippen molar-refractivity contribution in [3.05, 3.63) is 0 Å². The molecule has 2 atom stereocenters. The molecule has 1 unspecified atom stereocenters. The van der Waals surface area contributed by atoms with Crippen molar-refractivity contribution in [1.82, 2.24) is 9.80 Å². The number of hydrogen-bond acceptors (Lipinski definition) is 2. The van der Waals surface area contributed by atoms with Gasteiger partial charge >= 0.3 is 0 Å². The lowest BCUT2D eigenvalue weighted by atomic mass is 10.00. The first-order chi connectivity index (χ1) is 5.65. The van der Waals surface area contributed by atoms with Gasteiger partial charge in [-0.3, -0.25) is 0 Å². The van der Waals surface area contributed by atoms with E-state index < -0.39 is 0 Å². The summed E-state index contributed by atoms with van der Waals surface area (Å²) in [6.45, 7) is 8.42. The van der Waals surface area contributed by atoms with Gasteiger partial charge in [-0.2, -0.15) is 0 Å². The Kier molecular flexibility index (Phi) is 3.53. The molecule has 1 aliphatic rings. The lowest BCUT2D eigenvalue weighted by molar-refractivity contribution is 0.222. The van der Waals surface area contributed by atoms with E-state index in [1.165, 1.54) is 26.1 Å². The lowest BCUT2D eigenvalue weighted by Gasteiger charge is -2.26. The lowest BCUT2D eigenvalue weighted by Crippen LogP contribution is -2.34. The van der Waals surface area contributed by atoms with Crippen LogP contribution in [0.3, 0.4) is 0 Å². The van der Waals surface area contributed by atoms with E-state index in [0.29, 0.717) is 0 Å². The zero-order valence-corrected chi connectivity index (χ0v) is 8.88. The van der Waals surface area contributed by atoms with Gasteiger partial charge in [0.15, 0.2) is 0 Å². The molecule has 0 radical (unpaired) electrons. The van der Waals surface area contributed by atoms with E-state index >= 15 is 0 Å². The maximum atomic E-state index is 2.55. The van der Waals surface area contributed by atoms with Crippen molar-refractivity contribution in [2.75, 3.05) is 33.7 Å². The van der Waals surface area contributed by atoms with Crippen molar-refractivity contribution in [2.24, 2.45) is 5.92 Å². The Bertz CT molecular complexity index is 134. The van der Waals surface area contributed by atoms with Gasteiger partial charge in [0.1, 0.15) is 0 Å². The summed E-state index contributed by atoms with van der Waals surface area (Å²) in [6.07, 6.45) is 1.38. The predicted octanol–water partition coefficient (Wildman–Crippen LogP) is 1.28. The molecule has 0 spiro atoms. The first kappa shape index (κ1) is 10.0. The van der Waals surface area contributed by atoms with Gasteiger partial charge in [-0.15, -0.1) is 0 Å². The molecule has 12 heavy (non-hydrogen) atoms. The zero-order chi connectivity index (χ0) is 9.14. The molecule has 0 saturated carbocycles. The third-order valence-corrected chi connectivity index (χ3v) is 3.25. The average Bonchev–Trinajstić information content (AvgIpc) is 2.50. The van der Waals surface area contributed by atoms with Crippen molar-refractivity contribution in [3.63, 3.8) is 0 Å². The molecule has 72 valence electrons. The van der Waals surface area contributed by atoms with E-state index in [-0.39, 0.29) is 0 Å². The van der Waals surface area contributed by atoms with Crippen LogP contribution in [0.2, 0.25) is 0 Å². The molecule has 0 aromatic carbocycles. The van der Waals surface area contributed by atoms with Crippen LogP contribution in [-0.2, 0) is 0 Å². The van der Waals surface area contributed by atoms with E-state index in [2.05, 4.69) is 37.7 Å². The highest BCUT2D eigenvalue weighted by molar-refractivity contribution is 4.81. The predicted molar refractivity (Wildman–Crippen MR) is 53.4 cm³/mol. The highest BCUT2D eigenvalue weighted by atomic mass is 15.2. The topological polar surface area (TPSA) is 6.48 Å². The van der Waals surface area contributed by atoms with E-state index in [1.807, 2.05) is 0 Å². The summed E-state index contributed by atoms with van der Waals surface area (Å²) < 4.78 is 0. The second kappa shape index (κ2) is 4.24. The molecule has 0 aromatic heterocycles. The van der Waals surface area contributed by atoms with Gasteiger partial charge in [0.25, 0.3) is 0 Å². The van der Waals surface area contributed by atoms with Crippen molar-refractivity contribution in [1.29, 1.82) is 0 Å². The van der Waals surface area contributed by atoms with Crippen LogP contribution in [0.25, 0.3) is 0 Å². The molecule has 0 aliphatic carbocycles. The molecule has 1 saturated heterocycles. The quantitative estimate of drug-likeness (QED) is 0.629. The van der Waals surface area contributed by atoms with Gasteiger partial charge < -0.3 is 9.80 Å². The third kappa shape index (κ3) is 2.20. The smallest absolute Gasteiger partial charge is 0.0102 e. The second-order valence-electron chi connectivity index (χ2n) is 4.15. The molecule has 0 N–H and O–H groups in total. The maximum absolute atomic E-state index is 2.55. The van der Waals surface area contributed by atoms with Crippen LogP contribution in [0.4, 0.5) is 0 Å². The van der Waals surface area contributed by atoms with E-state index in [0.717, 1.165) is 12.0 Å².